The van der Waals surface area contributed by atoms with Gasteiger partial charge in [0.1, 0.15) is 0 Å². The van der Waals surface area contributed by atoms with Gasteiger partial charge in [-0.1, -0.05) is 29.3 Å². The van der Waals surface area contributed by atoms with Crippen LogP contribution in [0.15, 0.2) is 35.4 Å². The van der Waals surface area contributed by atoms with Crippen LogP contribution >= 0.6 is 23.2 Å². The van der Waals surface area contributed by atoms with Gasteiger partial charge >= 0.3 is 0 Å². The summed E-state index contributed by atoms with van der Waals surface area (Å²) in [6.07, 6.45) is -0.777. The Hall–Kier alpha value is -2.64. The standard InChI is InChI=1S/C19H18Cl2N2O5/c1-10(24)23-19(11-5-6-13(20)14(21)7-11)28-18(22-23)12-8-15(25-2)17(27-4)16(9-12)26-3/h5-9,19H,1-4H3/t19-/m0/s1. The van der Waals surface area contributed by atoms with Crippen LogP contribution < -0.4 is 14.2 Å². The number of rotatable bonds is 5. The number of benzene rings is 2. The predicted octanol–water partition coefficient (Wildman–Crippen LogP) is 4.26. The molecule has 1 aliphatic heterocycles. The third-order valence-corrected chi connectivity index (χ3v) is 4.85. The fourth-order valence-electron chi connectivity index (χ4n) is 2.77. The van der Waals surface area contributed by atoms with Crippen LogP contribution in [-0.4, -0.2) is 38.1 Å². The molecule has 0 fully saturated rings. The average Bonchev–Trinajstić information content (AvgIpc) is 3.14. The van der Waals surface area contributed by atoms with Crippen molar-refractivity contribution in [2.24, 2.45) is 5.10 Å². The number of halogens is 2. The Bertz CT molecular complexity index is 923. The molecule has 0 unspecified atom stereocenters. The molecule has 148 valence electrons. The number of nitrogens with zero attached hydrogens (tertiary/aromatic N) is 2. The Labute approximate surface area is 172 Å². The van der Waals surface area contributed by atoms with Crippen molar-refractivity contribution in [3.05, 3.63) is 51.5 Å². The van der Waals surface area contributed by atoms with Gasteiger partial charge in [-0.3, -0.25) is 4.79 Å². The SMILES string of the molecule is COc1cc(C2=NN(C(C)=O)[C@H](c3ccc(Cl)c(Cl)c3)O2)cc(OC)c1OC. The third-order valence-electron chi connectivity index (χ3n) is 4.11. The van der Waals surface area contributed by atoms with Crippen molar-refractivity contribution in [2.75, 3.05) is 21.3 Å². The van der Waals surface area contributed by atoms with E-state index in [4.69, 9.17) is 42.1 Å². The second kappa shape index (κ2) is 8.16. The third kappa shape index (κ3) is 3.68. The van der Waals surface area contributed by atoms with Gasteiger partial charge in [-0.25, -0.2) is 0 Å². The van der Waals surface area contributed by atoms with E-state index in [9.17, 15) is 4.79 Å². The molecule has 2 aromatic carbocycles. The summed E-state index contributed by atoms with van der Waals surface area (Å²) in [6, 6.07) is 8.38. The van der Waals surface area contributed by atoms with Crippen LogP contribution in [-0.2, 0) is 9.53 Å². The molecule has 0 aromatic heterocycles. The summed E-state index contributed by atoms with van der Waals surface area (Å²) in [5.74, 6) is 1.26. The van der Waals surface area contributed by atoms with Gasteiger partial charge in [0.05, 0.1) is 31.4 Å². The van der Waals surface area contributed by atoms with Crippen LogP contribution in [0.1, 0.15) is 24.3 Å². The van der Waals surface area contributed by atoms with Gasteiger partial charge in [-0.2, -0.15) is 5.01 Å². The summed E-state index contributed by atoms with van der Waals surface area (Å²) >= 11 is 12.1. The highest BCUT2D eigenvalue weighted by Crippen LogP contribution is 2.40. The lowest BCUT2D eigenvalue weighted by molar-refractivity contribution is -0.135. The molecule has 28 heavy (non-hydrogen) atoms. The highest BCUT2D eigenvalue weighted by atomic mass is 35.5. The van der Waals surface area contributed by atoms with E-state index in [1.807, 2.05) is 0 Å². The topological polar surface area (TPSA) is 69.6 Å². The highest BCUT2D eigenvalue weighted by molar-refractivity contribution is 6.42. The Kier molecular flexibility index (Phi) is 5.86. The number of hydrogen-bond acceptors (Lipinski definition) is 6. The highest BCUT2D eigenvalue weighted by Gasteiger charge is 2.34. The first-order valence-electron chi connectivity index (χ1n) is 8.20. The normalized spacial score (nSPS) is 15.7. The van der Waals surface area contributed by atoms with Gasteiger partial charge in [0, 0.05) is 18.1 Å². The number of methoxy groups -OCH3 is 3. The fraction of sp³-hybridized carbons (Fsp3) is 0.263. The molecule has 1 amide bonds. The van der Waals surface area contributed by atoms with Crippen LogP contribution in [0, 0.1) is 0 Å². The van der Waals surface area contributed by atoms with Crippen LogP contribution in [0.25, 0.3) is 0 Å². The van der Waals surface area contributed by atoms with Crippen LogP contribution in [0.5, 0.6) is 17.2 Å². The first-order chi connectivity index (χ1) is 13.4. The van der Waals surface area contributed by atoms with E-state index in [-0.39, 0.29) is 11.8 Å². The van der Waals surface area contributed by atoms with Crippen LogP contribution in [0.4, 0.5) is 0 Å². The van der Waals surface area contributed by atoms with Gasteiger partial charge < -0.3 is 18.9 Å². The van der Waals surface area contributed by atoms with E-state index < -0.39 is 6.23 Å². The number of carbonyl (C=O) groups is 1. The van der Waals surface area contributed by atoms with Crippen molar-refractivity contribution < 1.29 is 23.7 Å². The largest absolute Gasteiger partial charge is 0.493 e. The average molecular weight is 425 g/mol. The molecule has 0 radical (unpaired) electrons. The Morgan fingerprint density at radius 2 is 1.68 bits per heavy atom. The molecule has 0 saturated carbocycles. The van der Waals surface area contributed by atoms with Crippen molar-refractivity contribution in [1.29, 1.82) is 0 Å². The first-order valence-corrected chi connectivity index (χ1v) is 8.95. The second-order valence-electron chi connectivity index (χ2n) is 5.83. The predicted molar refractivity (Wildman–Crippen MR) is 105 cm³/mol. The lowest BCUT2D eigenvalue weighted by atomic mass is 10.1. The van der Waals surface area contributed by atoms with Gasteiger partial charge in [0.25, 0.3) is 0 Å². The molecule has 1 atom stereocenters. The quantitative estimate of drug-likeness (QED) is 0.716. The van der Waals surface area contributed by atoms with E-state index in [0.29, 0.717) is 38.4 Å². The zero-order valence-corrected chi connectivity index (χ0v) is 17.2. The van der Waals surface area contributed by atoms with Crippen molar-refractivity contribution >= 4 is 35.0 Å². The van der Waals surface area contributed by atoms with Gasteiger partial charge in [0.2, 0.25) is 23.8 Å². The number of ether oxygens (including phenoxy) is 4. The summed E-state index contributed by atoms with van der Waals surface area (Å²) < 4.78 is 22.0. The molecule has 1 aliphatic rings. The number of amides is 1. The maximum absolute atomic E-state index is 12.1. The summed E-state index contributed by atoms with van der Waals surface area (Å²) in [5, 5.41) is 6.32. The minimum Gasteiger partial charge on any atom is -0.493 e. The van der Waals surface area contributed by atoms with Crippen molar-refractivity contribution in [3.8, 4) is 17.2 Å². The lowest BCUT2D eigenvalue weighted by Gasteiger charge is -2.19. The molecule has 9 heteroatoms. The lowest BCUT2D eigenvalue weighted by Crippen LogP contribution is -2.25. The Morgan fingerprint density at radius 3 is 2.18 bits per heavy atom. The van der Waals surface area contributed by atoms with Crippen molar-refractivity contribution in [2.45, 2.75) is 13.2 Å². The molecule has 3 rings (SSSR count). The number of hydrazone groups is 1. The molecule has 0 bridgehead atoms. The molecule has 0 saturated heterocycles. The minimum atomic E-state index is -0.777. The maximum atomic E-state index is 12.1. The van der Waals surface area contributed by atoms with Gasteiger partial charge in [0.15, 0.2) is 11.5 Å². The smallest absolute Gasteiger partial charge is 0.243 e. The molecule has 0 aliphatic carbocycles. The molecule has 7 nitrogen and oxygen atoms in total. The number of carbonyl (C=O) groups excluding carboxylic acids is 1. The molecule has 1 heterocycles. The molecule has 2 aromatic rings. The van der Waals surface area contributed by atoms with E-state index in [0.717, 1.165) is 0 Å². The van der Waals surface area contributed by atoms with E-state index in [2.05, 4.69) is 5.10 Å². The van der Waals surface area contributed by atoms with Gasteiger partial charge in [-0.15, -0.1) is 5.10 Å². The minimum absolute atomic E-state index is 0.227. The Morgan fingerprint density at radius 1 is 1.04 bits per heavy atom. The molecule has 0 spiro atoms. The van der Waals surface area contributed by atoms with E-state index in [1.165, 1.54) is 33.3 Å². The first kappa shape index (κ1) is 20.1. The maximum Gasteiger partial charge on any atom is 0.243 e. The Balaban J connectivity index is 2.02. The van der Waals surface area contributed by atoms with Crippen LogP contribution in [0.3, 0.4) is 0 Å². The van der Waals surface area contributed by atoms with Crippen molar-refractivity contribution in [3.63, 3.8) is 0 Å². The summed E-state index contributed by atoms with van der Waals surface area (Å²) in [6.45, 7) is 1.40. The molecular formula is C19H18Cl2N2O5. The summed E-state index contributed by atoms with van der Waals surface area (Å²) in [7, 11) is 4.54. The fourth-order valence-corrected chi connectivity index (χ4v) is 3.08. The summed E-state index contributed by atoms with van der Waals surface area (Å²) in [5.41, 5.74) is 1.19. The summed E-state index contributed by atoms with van der Waals surface area (Å²) in [4.78, 5) is 12.1. The van der Waals surface area contributed by atoms with Crippen molar-refractivity contribution in [1.82, 2.24) is 5.01 Å². The zero-order chi connectivity index (χ0) is 20.4. The van der Waals surface area contributed by atoms with Gasteiger partial charge in [-0.05, 0) is 24.3 Å². The monoisotopic (exact) mass is 424 g/mol. The van der Waals surface area contributed by atoms with E-state index >= 15 is 0 Å². The van der Waals surface area contributed by atoms with Crippen LogP contribution in [0.2, 0.25) is 10.0 Å². The second-order valence-corrected chi connectivity index (χ2v) is 6.64. The zero-order valence-electron chi connectivity index (χ0n) is 15.7. The molecular weight excluding hydrogens is 407 g/mol. The number of hydrogen-bond donors (Lipinski definition) is 0. The van der Waals surface area contributed by atoms with E-state index in [1.54, 1.807) is 30.3 Å². The molecule has 0 N–H and O–H groups in total.